The molecule has 5 saturated heterocycles. The maximum atomic E-state index is 13.2. The molecule has 4 N–H and O–H groups in total. The number of esters is 1. The van der Waals surface area contributed by atoms with Gasteiger partial charge in [0, 0.05) is 52.2 Å². The molecule has 6 rings (SSSR count). The van der Waals surface area contributed by atoms with Gasteiger partial charge in [0.15, 0.2) is 18.4 Å². The van der Waals surface area contributed by atoms with Gasteiger partial charge in [-0.3, -0.25) is 4.79 Å². The van der Waals surface area contributed by atoms with Crippen molar-refractivity contribution in [3.05, 3.63) is 47.1 Å². The first kappa shape index (κ1) is 52.3. The van der Waals surface area contributed by atoms with E-state index in [9.17, 15) is 25.2 Å². The summed E-state index contributed by atoms with van der Waals surface area (Å²) in [6, 6.07) is 0. The van der Waals surface area contributed by atoms with E-state index >= 15 is 0 Å². The lowest BCUT2D eigenvalue weighted by atomic mass is 9.71. The quantitative estimate of drug-likeness (QED) is 0.111. The van der Waals surface area contributed by atoms with Crippen LogP contribution in [0.15, 0.2) is 47.1 Å². The highest BCUT2D eigenvalue weighted by molar-refractivity contribution is 5.78. The molecule has 1 spiro atoms. The first-order valence-electron chi connectivity index (χ1n) is 24.2. The van der Waals surface area contributed by atoms with Crippen LogP contribution < -0.4 is 0 Å². The van der Waals surface area contributed by atoms with Crippen LogP contribution in [0.4, 0.5) is 0 Å². The van der Waals surface area contributed by atoms with Crippen molar-refractivity contribution in [2.75, 3.05) is 27.4 Å². The average molecular weight is 921 g/mol. The van der Waals surface area contributed by atoms with Gasteiger partial charge in [-0.2, -0.15) is 0 Å². The molecule has 1 aliphatic carbocycles. The lowest BCUT2D eigenvalue weighted by Crippen LogP contribution is -2.57. The minimum Gasteiger partial charge on any atom is -0.465 e. The van der Waals surface area contributed by atoms with E-state index in [-0.39, 0.29) is 31.3 Å². The molecule has 370 valence electrons. The summed E-state index contributed by atoms with van der Waals surface area (Å²) in [5.74, 6) is -1.92. The van der Waals surface area contributed by atoms with Crippen molar-refractivity contribution < 1.29 is 72.6 Å². The van der Waals surface area contributed by atoms with Crippen molar-refractivity contribution in [1.29, 1.82) is 0 Å². The first-order valence-corrected chi connectivity index (χ1v) is 24.2. The number of ether oxygens (including phenoxy) is 10. The Hall–Kier alpha value is -2.09. The summed E-state index contributed by atoms with van der Waals surface area (Å²) in [5.41, 5.74) is 0.122. The molecule has 0 unspecified atom stereocenters. The summed E-state index contributed by atoms with van der Waals surface area (Å²) >= 11 is 0. The molecule has 0 aromatic heterocycles. The number of methoxy groups -OCH3 is 2. The Kier molecular flexibility index (Phi) is 18.1. The van der Waals surface area contributed by atoms with Gasteiger partial charge in [-0.15, -0.1) is 0 Å². The summed E-state index contributed by atoms with van der Waals surface area (Å²) in [6.45, 7) is 18.0. The molecule has 65 heavy (non-hydrogen) atoms. The number of fused-ring (bicyclic) bond motifs is 1. The zero-order valence-electron chi connectivity index (χ0n) is 40.6. The summed E-state index contributed by atoms with van der Waals surface area (Å²) in [6.07, 6.45) is 6.41. The topological polar surface area (TPSA) is 190 Å². The molecule has 0 bridgehead atoms. The molecule has 5 fully saturated rings. The lowest BCUT2D eigenvalue weighted by Gasteiger charge is -2.50. The SMILES string of the molecule is CCOC(=O)[C@@H]1C=C(C)[C@@H](O)[C@H]2OC/C(=C\C=C\[C@H](C)[C@H](O[C@H]3C[C@H](OC)[C@@H](O[C@H]4C[C@H](OC)[C@@H](O)[C@H](C)O4)[C@H](C)O3)/C(C)=C/C[C@@H]3C[C@H](O)C[C@]4(CC[C@H](C)[C@@H]([C@@H](C)CC)O4)O3)[C@]21O. The second-order valence-electron chi connectivity index (χ2n) is 19.7. The maximum Gasteiger partial charge on any atom is 0.316 e. The van der Waals surface area contributed by atoms with Crippen LogP contribution in [0, 0.1) is 23.7 Å². The highest BCUT2D eigenvalue weighted by atomic mass is 16.7. The number of aliphatic hydroxyl groups excluding tert-OH is 3. The van der Waals surface area contributed by atoms with Crippen LogP contribution >= 0.6 is 0 Å². The van der Waals surface area contributed by atoms with E-state index in [2.05, 4.69) is 26.8 Å². The molecule has 5 heterocycles. The van der Waals surface area contributed by atoms with Gasteiger partial charge in [0.05, 0.1) is 62.0 Å². The van der Waals surface area contributed by atoms with E-state index < -0.39 is 96.9 Å². The van der Waals surface area contributed by atoms with E-state index in [1.165, 1.54) is 0 Å². The second-order valence-corrected chi connectivity index (χ2v) is 19.7. The monoisotopic (exact) mass is 921 g/mol. The largest absolute Gasteiger partial charge is 0.465 e. The summed E-state index contributed by atoms with van der Waals surface area (Å²) < 4.78 is 62.3. The Labute approximate surface area is 386 Å². The van der Waals surface area contributed by atoms with Crippen LogP contribution in [0.5, 0.6) is 0 Å². The van der Waals surface area contributed by atoms with Gasteiger partial charge in [0.2, 0.25) is 0 Å². The lowest BCUT2D eigenvalue weighted by molar-refractivity contribution is -0.340. The summed E-state index contributed by atoms with van der Waals surface area (Å²) in [7, 11) is 3.20. The predicted molar refractivity (Wildman–Crippen MR) is 240 cm³/mol. The minimum absolute atomic E-state index is 0.0231. The Bertz CT molecular complexity index is 1700. The molecule has 0 aromatic rings. The summed E-state index contributed by atoms with van der Waals surface area (Å²) in [4.78, 5) is 13.2. The molecule has 6 aliphatic rings. The molecule has 15 nitrogen and oxygen atoms in total. The number of carbonyl (C=O) groups is 1. The van der Waals surface area contributed by atoms with E-state index in [4.69, 9.17) is 47.4 Å². The zero-order valence-corrected chi connectivity index (χ0v) is 40.6. The molecule has 20 atom stereocenters. The number of hydrogen-bond acceptors (Lipinski definition) is 15. The Morgan fingerprint density at radius 2 is 1.69 bits per heavy atom. The van der Waals surface area contributed by atoms with Crippen LogP contribution in [0.2, 0.25) is 0 Å². The number of carbonyl (C=O) groups excluding carboxylic acids is 1. The van der Waals surface area contributed by atoms with Gasteiger partial charge < -0.3 is 67.8 Å². The normalized spacial score (nSPS) is 43.6. The van der Waals surface area contributed by atoms with Crippen LogP contribution in [-0.4, -0.2) is 151 Å². The van der Waals surface area contributed by atoms with Crippen LogP contribution in [0.1, 0.15) is 114 Å². The third kappa shape index (κ3) is 11.7. The van der Waals surface area contributed by atoms with Gasteiger partial charge in [-0.1, -0.05) is 64.5 Å². The van der Waals surface area contributed by atoms with Crippen LogP contribution in [0.3, 0.4) is 0 Å². The van der Waals surface area contributed by atoms with Crippen molar-refractivity contribution in [3.63, 3.8) is 0 Å². The summed E-state index contributed by atoms with van der Waals surface area (Å²) in [5, 5.41) is 44.9. The van der Waals surface area contributed by atoms with Crippen LogP contribution in [0.25, 0.3) is 0 Å². The predicted octanol–water partition coefficient (Wildman–Crippen LogP) is 5.60. The minimum atomic E-state index is -1.80. The third-order valence-electron chi connectivity index (χ3n) is 15.0. The van der Waals surface area contributed by atoms with Gasteiger partial charge in [0.1, 0.15) is 35.9 Å². The third-order valence-corrected chi connectivity index (χ3v) is 15.0. The Balaban J connectivity index is 1.22. The maximum absolute atomic E-state index is 13.2. The second kappa shape index (κ2) is 22.6. The van der Waals surface area contributed by atoms with Gasteiger partial charge in [0.25, 0.3) is 0 Å². The number of aliphatic hydroxyl groups is 4. The smallest absolute Gasteiger partial charge is 0.316 e. The molecule has 15 heteroatoms. The van der Waals surface area contributed by atoms with E-state index in [0.717, 1.165) is 24.8 Å². The molecule has 0 aromatic carbocycles. The van der Waals surface area contributed by atoms with Crippen molar-refractivity contribution in [3.8, 4) is 0 Å². The van der Waals surface area contributed by atoms with Crippen molar-refractivity contribution >= 4 is 5.97 Å². The molecule has 0 saturated carbocycles. The number of allylic oxidation sites excluding steroid dienone is 2. The standard InChI is InChI=1S/C50H80O15/c1-12-27(3)45-30(6)19-20-49(65-45)25-35(51)22-36(64-49)18-17-29(5)44(62-41-24-39(57-11)46(33(9)61-41)63-40-23-38(56-10)43(53)32(8)60-40)28(4)15-14-16-34-26-59-47-42(52)31(7)21-37(50(34,47)55)48(54)58-13-2/h14-17,21,27-28,30,32-33,35-47,51-53,55H,12-13,18-20,22-26H2,1-11H3/b15-14+,29-17+,34-16+/t27-,28-,30-,32-,33-,35-,36+,37-,38-,39-,40-,41-,42+,43-,44-,45+,46-,47+,49+,50+/m0/s1. The van der Waals surface area contributed by atoms with Crippen molar-refractivity contribution in [1.82, 2.24) is 0 Å². The highest BCUT2D eigenvalue weighted by Crippen LogP contribution is 2.46. The number of rotatable bonds is 16. The van der Waals surface area contributed by atoms with Crippen molar-refractivity contribution in [2.45, 2.75) is 211 Å². The van der Waals surface area contributed by atoms with Gasteiger partial charge in [-0.25, -0.2) is 0 Å². The van der Waals surface area contributed by atoms with E-state index in [1.54, 1.807) is 47.1 Å². The molecule has 0 radical (unpaired) electrons. The Morgan fingerprint density at radius 3 is 2.38 bits per heavy atom. The molecular formula is C50H80O15. The highest BCUT2D eigenvalue weighted by Gasteiger charge is 2.59. The van der Waals surface area contributed by atoms with E-state index in [0.29, 0.717) is 55.1 Å². The molecular weight excluding hydrogens is 841 g/mol. The fourth-order valence-electron chi connectivity index (χ4n) is 10.9. The van der Waals surface area contributed by atoms with E-state index in [1.807, 2.05) is 32.9 Å². The first-order chi connectivity index (χ1) is 30.9. The average Bonchev–Trinajstić information content (AvgIpc) is 3.61. The fraction of sp³-hybridized carbons (Fsp3) is 0.820. The zero-order chi connectivity index (χ0) is 47.4. The molecule has 0 amide bonds. The van der Waals surface area contributed by atoms with Crippen molar-refractivity contribution in [2.24, 2.45) is 23.7 Å². The Morgan fingerprint density at radius 1 is 0.985 bits per heavy atom. The van der Waals surface area contributed by atoms with Crippen LogP contribution in [-0.2, 0) is 52.2 Å². The molecule has 5 aliphatic heterocycles. The van der Waals surface area contributed by atoms with Gasteiger partial charge in [-0.05, 0) is 76.0 Å². The fourth-order valence-corrected chi connectivity index (χ4v) is 10.9. The number of hydrogen-bond donors (Lipinski definition) is 4. The van der Waals surface area contributed by atoms with Gasteiger partial charge >= 0.3 is 5.97 Å².